The summed E-state index contributed by atoms with van der Waals surface area (Å²) in [6.45, 7) is 0.482. The Balaban J connectivity index is 2.11. The molecule has 0 radical (unpaired) electrons. The summed E-state index contributed by atoms with van der Waals surface area (Å²) in [5, 5.41) is 11.9. The first-order valence-corrected chi connectivity index (χ1v) is 5.18. The molecule has 0 spiro atoms. The van der Waals surface area contributed by atoms with Gasteiger partial charge in [-0.05, 0) is 17.2 Å². The second-order valence-corrected chi connectivity index (χ2v) is 3.50. The second kappa shape index (κ2) is 5.11. The van der Waals surface area contributed by atoms with Crippen LogP contribution in [0.3, 0.4) is 0 Å². The Hall–Kier alpha value is -2.37. The fourth-order valence-electron chi connectivity index (χ4n) is 1.35. The summed E-state index contributed by atoms with van der Waals surface area (Å²) in [5.74, 6) is -0.336. The van der Waals surface area contributed by atoms with Gasteiger partial charge >= 0.3 is 0 Å². The average molecular weight is 230 g/mol. The number of primary amides is 1. The largest absolute Gasteiger partial charge is 0.369 e. The van der Waals surface area contributed by atoms with Crippen LogP contribution in [0.15, 0.2) is 36.8 Å². The SMILES string of the molecule is NC(=O)CC[n+]1ccc(-c2cccnn2)cn1. The smallest absolute Gasteiger partial charge is 0.223 e. The van der Waals surface area contributed by atoms with E-state index >= 15 is 0 Å². The van der Waals surface area contributed by atoms with Crippen LogP contribution in [-0.2, 0) is 11.3 Å². The van der Waals surface area contributed by atoms with Crippen molar-refractivity contribution < 1.29 is 9.48 Å². The summed E-state index contributed by atoms with van der Waals surface area (Å²) in [7, 11) is 0. The maximum Gasteiger partial charge on any atom is 0.223 e. The van der Waals surface area contributed by atoms with Crippen LogP contribution in [0.25, 0.3) is 11.3 Å². The molecule has 0 aliphatic rings. The number of carbonyl (C=O) groups is 1. The van der Waals surface area contributed by atoms with Gasteiger partial charge in [0.25, 0.3) is 0 Å². The quantitative estimate of drug-likeness (QED) is 0.731. The standard InChI is InChI=1S/C11H11N5O/c12-11(17)4-7-16-6-3-9(8-14-16)10-2-1-5-13-15-10/h1-3,5-6,8H,4,7H2,(H-,12,17)/p+1. The summed E-state index contributed by atoms with van der Waals surface area (Å²) in [5.41, 5.74) is 6.71. The maximum atomic E-state index is 10.6. The molecule has 0 unspecified atom stereocenters. The van der Waals surface area contributed by atoms with Crippen molar-refractivity contribution in [2.45, 2.75) is 13.0 Å². The highest BCUT2D eigenvalue weighted by Gasteiger charge is 2.06. The molecule has 0 aromatic carbocycles. The molecule has 0 saturated carbocycles. The molecule has 2 N–H and O–H groups in total. The zero-order valence-electron chi connectivity index (χ0n) is 9.15. The van der Waals surface area contributed by atoms with Gasteiger partial charge in [0.1, 0.15) is 6.20 Å². The first-order chi connectivity index (χ1) is 8.25. The second-order valence-electron chi connectivity index (χ2n) is 3.50. The normalized spacial score (nSPS) is 10.1. The first-order valence-electron chi connectivity index (χ1n) is 5.18. The van der Waals surface area contributed by atoms with Gasteiger partial charge in [0, 0.05) is 17.8 Å². The van der Waals surface area contributed by atoms with E-state index < -0.39 is 0 Å². The van der Waals surface area contributed by atoms with Crippen LogP contribution >= 0.6 is 0 Å². The van der Waals surface area contributed by atoms with E-state index in [-0.39, 0.29) is 12.3 Å². The highest BCUT2D eigenvalue weighted by atomic mass is 16.1. The molecule has 17 heavy (non-hydrogen) atoms. The van der Waals surface area contributed by atoms with Crippen LogP contribution in [0.2, 0.25) is 0 Å². The van der Waals surface area contributed by atoms with Crippen molar-refractivity contribution in [2.24, 2.45) is 5.73 Å². The van der Waals surface area contributed by atoms with Gasteiger partial charge < -0.3 is 5.73 Å². The molecule has 0 atom stereocenters. The molecule has 6 heteroatoms. The Morgan fingerprint density at radius 2 is 2.29 bits per heavy atom. The molecule has 2 aromatic rings. The number of hydrogen-bond donors (Lipinski definition) is 1. The Labute approximate surface area is 98.1 Å². The predicted octanol–water partition coefficient (Wildman–Crippen LogP) is -0.299. The van der Waals surface area contributed by atoms with Gasteiger partial charge in [0.2, 0.25) is 5.91 Å². The van der Waals surface area contributed by atoms with E-state index in [2.05, 4.69) is 15.3 Å². The molecule has 0 aliphatic carbocycles. The van der Waals surface area contributed by atoms with Crippen LogP contribution in [0.1, 0.15) is 6.42 Å². The van der Waals surface area contributed by atoms with Gasteiger partial charge in [-0.1, -0.05) is 4.68 Å². The number of aryl methyl sites for hydroxylation is 1. The maximum absolute atomic E-state index is 10.6. The molecule has 0 bridgehead atoms. The summed E-state index contributed by atoms with van der Waals surface area (Å²) in [4.78, 5) is 10.6. The third-order valence-corrected chi connectivity index (χ3v) is 2.23. The van der Waals surface area contributed by atoms with Crippen LogP contribution < -0.4 is 10.4 Å². The minimum atomic E-state index is -0.336. The molecular formula is C11H12N5O+. The number of carbonyl (C=O) groups excluding carboxylic acids is 1. The van der Waals surface area contributed by atoms with Gasteiger partial charge in [-0.15, -0.1) is 0 Å². The lowest BCUT2D eigenvalue weighted by molar-refractivity contribution is -0.752. The van der Waals surface area contributed by atoms with Crippen LogP contribution in [0.4, 0.5) is 0 Å². The Morgan fingerprint density at radius 3 is 2.88 bits per heavy atom. The van der Waals surface area contributed by atoms with E-state index in [0.29, 0.717) is 6.54 Å². The van der Waals surface area contributed by atoms with Crippen LogP contribution in [0, 0.1) is 0 Å². The fraction of sp³-hybridized carbons (Fsp3) is 0.182. The number of rotatable bonds is 4. The molecule has 0 saturated heterocycles. The summed E-state index contributed by atoms with van der Waals surface area (Å²) in [6, 6.07) is 5.55. The molecule has 1 amide bonds. The molecule has 2 heterocycles. The highest BCUT2D eigenvalue weighted by molar-refractivity contribution is 5.73. The lowest BCUT2D eigenvalue weighted by atomic mass is 10.2. The van der Waals surface area contributed by atoms with Gasteiger partial charge in [-0.25, -0.2) is 0 Å². The van der Waals surface area contributed by atoms with E-state index in [1.165, 1.54) is 0 Å². The summed E-state index contributed by atoms with van der Waals surface area (Å²) < 4.78 is 1.66. The third kappa shape index (κ3) is 3.04. The molecular weight excluding hydrogens is 218 g/mol. The molecule has 6 nitrogen and oxygen atoms in total. The first kappa shape index (κ1) is 11.1. The summed E-state index contributed by atoms with van der Waals surface area (Å²) >= 11 is 0. The van der Waals surface area contributed by atoms with Crippen molar-refractivity contribution in [3.8, 4) is 11.3 Å². The summed E-state index contributed by atoms with van der Waals surface area (Å²) in [6.07, 6.45) is 5.37. The molecule has 0 fully saturated rings. The van der Waals surface area contributed by atoms with E-state index in [1.807, 2.05) is 18.2 Å². The molecule has 86 valence electrons. The number of hydrogen-bond acceptors (Lipinski definition) is 4. The van der Waals surface area contributed by atoms with Gasteiger partial charge in [0.05, 0.1) is 12.1 Å². The average Bonchev–Trinajstić information content (AvgIpc) is 2.38. The van der Waals surface area contributed by atoms with E-state index in [4.69, 9.17) is 5.73 Å². The van der Waals surface area contributed by atoms with Crippen LogP contribution in [0.5, 0.6) is 0 Å². The van der Waals surface area contributed by atoms with Crippen molar-refractivity contribution in [1.82, 2.24) is 15.3 Å². The topological polar surface area (TPSA) is 85.6 Å². The zero-order chi connectivity index (χ0) is 12.1. The Kier molecular flexibility index (Phi) is 3.34. The van der Waals surface area contributed by atoms with Crippen LogP contribution in [-0.4, -0.2) is 21.2 Å². The molecule has 2 aromatic heterocycles. The van der Waals surface area contributed by atoms with E-state index in [9.17, 15) is 4.79 Å². The number of amides is 1. The van der Waals surface area contributed by atoms with Crippen molar-refractivity contribution in [3.63, 3.8) is 0 Å². The minimum absolute atomic E-state index is 0.280. The fourth-order valence-corrected chi connectivity index (χ4v) is 1.35. The lowest BCUT2D eigenvalue weighted by Gasteiger charge is -1.97. The molecule has 0 aliphatic heterocycles. The Bertz CT molecular complexity index is 497. The number of nitrogens with zero attached hydrogens (tertiary/aromatic N) is 4. The van der Waals surface area contributed by atoms with Crippen molar-refractivity contribution >= 4 is 5.91 Å². The van der Waals surface area contributed by atoms with Gasteiger partial charge in [0.15, 0.2) is 12.7 Å². The Morgan fingerprint density at radius 1 is 1.41 bits per heavy atom. The van der Waals surface area contributed by atoms with Gasteiger partial charge in [-0.3, -0.25) is 4.79 Å². The van der Waals surface area contributed by atoms with E-state index in [0.717, 1.165) is 11.3 Å². The minimum Gasteiger partial charge on any atom is -0.369 e. The highest BCUT2D eigenvalue weighted by Crippen LogP contribution is 2.11. The third-order valence-electron chi connectivity index (χ3n) is 2.23. The number of aromatic nitrogens is 4. The molecule has 2 rings (SSSR count). The lowest BCUT2D eigenvalue weighted by Crippen LogP contribution is -2.39. The predicted molar refractivity (Wildman–Crippen MR) is 59.3 cm³/mol. The van der Waals surface area contributed by atoms with Gasteiger partial charge in [-0.2, -0.15) is 10.2 Å². The monoisotopic (exact) mass is 230 g/mol. The number of nitrogens with two attached hydrogens (primary N) is 1. The van der Waals surface area contributed by atoms with E-state index in [1.54, 1.807) is 23.3 Å². The van der Waals surface area contributed by atoms with Crippen molar-refractivity contribution in [3.05, 3.63) is 36.8 Å². The van der Waals surface area contributed by atoms with Crippen molar-refractivity contribution in [1.29, 1.82) is 0 Å². The van der Waals surface area contributed by atoms with Crippen molar-refractivity contribution in [2.75, 3.05) is 0 Å². The zero-order valence-corrected chi connectivity index (χ0v) is 9.15.